The van der Waals surface area contributed by atoms with Gasteiger partial charge < -0.3 is 0 Å². The van der Waals surface area contributed by atoms with Gasteiger partial charge in [-0.25, -0.2) is 9.97 Å². The van der Waals surface area contributed by atoms with Crippen molar-refractivity contribution in [2.24, 2.45) is 0 Å². The highest BCUT2D eigenvalue weighted by atomic mass is 32.1. The Hall–Kier alpha value is -5.06. The van der Waals surface area contributed by atoms with E-state index < -0.39 is 0 Å². The van der Waals surface area contributed by atoms with Crippen LogP contribution in [-0.4, -0.2) is 14.5 Å². The van der Waals surface area contributed by atoms with E-state index in [4.69, 9.17) is 9.97 Å². The van der Waals surface area contributed by atoms with Crippen molar-refractivity contribution >= 4 is 75.0 Å². The molecular weight excluding hydrogens is 506 g/mol. The Kier molecular flexibility index (Phi) is 4.48. The average Bonchev–Trinajstić information content (AvgIpc) is 3.55. The van der Waals surface area contributed by atoms with Gasteiger partial charge in [-0.3, -0.25) is 4.57 Å². The molecule has 0 saturated heterocycles. The van der Waals surface area contributed by atoms with Crippen molar-refractivity contribution in [3.63, 3.8) is 0 Å². The lowest BCUT2D eigenvalue weighted by atomic mass is 10.0. The zero-order valence-corrected chi connectivity index (χ0v) is 22.2. The van der Waals surface area contributed by atoms with Crippen LogP contribution in [-0.2, 0) is 0 Å². The SMILES string of the molecule is c1ccc(-c2nc(-n3c4ccccc4c4cc5ccc6sc7ccccc7c6c5cc43)nc3ccccc23)cc1. The Morgan fingerprint density at radius 3 is 2.15 bits per heavy atom. The lowest BCUT2D eigenvalue weighted by Gasteiger charge is -2.12. The van der Waals surface area contributed by atoms with Crippen LogP contribution in [0.15, 0.2) is 127 Å². The predicted molar refractivity (Wildman–Crippen MR) is 170 cm³/mol. The molecule has 0 fully saturated rings. The highest BCUT2D eigenvalue weighted by Crippen LogP contribution is 2.42. The maximum Gasteiger partial charge on any atom is 0.235 e. The molecule has 186 valence electrons. The molecule has 0 unspecified atom stereocenters. The van der Waals surface area contributed by atoms with Gasteiger partial charge in [0, 0.05) is 41.9 Å². The number of aromatic nitrogens is 3. The number of hydrogen-bond donors (Lipinski definition) is 0. The molecular formula is C36H21N3S. The summed E-state index contributed by atoms with van der Waals surface area (Å²) >= 11 is 1.86. The Labute approximate surface area is 233 Å². The van der Waals surface area contributed by atoms with Crippen LogP contribution in [0.25, 0.3) is 80.9 Å². The molecule has 4 heteroatoms. The zero-order valence-electron chi connectivity index (χ0n) is 21.4. The molecule has 3 nitrogen and oxygen atoms in total. The topological polar surface area (TPSA) is 30.7 Å². The number of hydrogen-bond acceptors (Lipinski definition) is 3. The summed E-state index contributed by atoms with van der Waals surface area (Å²) in [7, 11) is 0. The third-order valence-electron chi connectivity index (χ3n) is 7.99. The van der Waals surface area contributed by atoms with Crippen molar-refractivity contribution in [3.8, 4) is 17.2 Å². The van der Waals surface area contributed by atoms with Gasteiger partial charge in [0.2, 0.25) is 5.95 Å². The number of rotatable bonds is 2. The van der Waals surface area contributed by atoms with Crippen molar-refractivity contribution in [3.05, 3.63) is 127 Å². The first-order chi connectivity index (χ1) is 19.8. The van der Waals surface area contributed by atoms with Gasteiger partial charge in [0.05, 0.1) is 22.2 Å². The number of benzene rings is 6. The Bertz CT molecular complexity index is 2430. The maximum atomic E-state index is 5.25. The molecule has 40 heavy (non-hydrogen) atoms. The van der Waals surface area contributed by atoms with Crippen molar-refractivity contribution in [2.45, 2.75) is 0 Å². The van der Waals surface area contributed by atoms with E-state index in [1.54, 1.807) is 0 Å². The summed E-state index contributed by atoms with van der Waals surface area (Å²) in [5.74, 6) is 0.686. The maximum absolute atomic E-state index is 5.25. The van der Waals surface area contributed by atoms with E-state index in [1.165, 1.54) is 41.7 Å². The number of fused-ring (bicyclic) bond motifs is 9. The fraction of sp³-hybridized carbons (Fsp3) is 0. The quantitative estimate of drug-likeness (QED) is 0.224. The first-order valence-electron chi connectivity index (χ1n) is 13.4. The third-order valence-corrected chi connectivity index (χ3v) is 9.12. The number of nitrogens with zero attached hydrogens (tertiary/aromatic N) is 3. The minimum atomic E-state index is 0.686. The predicted octanol–water partition coefficient (Wildman–Crippen LogP) is 9.91. The van der Waals surface area contributed by atoms with Crippen molar-refractivity contribution < 1.29 is 0 Å². The number of para-hydroxylation sites is 2. The van der Waals surface area contributed by atoms with Gasteiger partial charge in [-0.05, 0) is 47.2 Å². The van der Waals surface area contributed by atoms with Gasteiger partial charge in [-0.2, -0.15) is 0 Å². The molecule has 0 amide bonds. The van der Waals surface area contributed by atoms with Crippen LogP contribution in [0.1, 0.15) is 0 Å². The summed E-state index contributed by atoms with van der Waals surface area (Å²) in [6, 6.07) is 45.2. The van der Waals surface area contributed by atoms with E-state index in [0.717, 1.165) is 33.2 Å². The highest BCUT2D eigenvalue weighted by molar-refractivity contribution is 7.26. The van der Waals surface area contributed by atoms with E-state index in [-0.39, 0.29) is 0 Å². The molecule has 6 aromatic carbocycles. The second-order valence-electron chi connectivity index (χ2n) is 10.2. The molecule has 0 spiro atoms. The minimum absolute atomic E-state index is 0.686. The molecule has 0 aliphatic heterocycles. The summed E-state index contributed by atoms with van der Waals surface area (Å²) in [4.78, 5) is 10.4. The van der Waals surface area contributed by atoms with Crippen molar-refractivity contribution in [1.82, 2.24) is 14.5 Å². The lowest BCUT2D eigenvalue weighted by Crippen LogP contribution is -2.03. The Balaban J connectivity index is 1.44. The molecule has 0 atom stereocenters. The van der Waals surface area contributed by atoms with Crippen LogP contribution in [0, 0.1) is 0 Å². The van der Waals surface area contributed by atoms with Crippen LogP contribution in [0.4, 0.5) is 0 Å². The largest absolute Gasteiger partial charge is 0.278 e. The normalized spacial score (nSPS) is 12.0. The van der Waals surface area contributed by atoms with Gasteiger partial charge >= 0.3 is 0 Å². The average molecular weight is 528 g/mol. The monoisotopic (exact) mass is 527 g/mol. The van der Waals surface area contributed by atoms with E-state index in [2.05, 4.69) is 120 Å². The van der Waals surface area contributed by atoms with E-state index in [9.17, 15) is 0 Å². The van der Waals surface area contributed by atoms with Gasteiger partial charge in [0.1, 0.15) is 0 Å². The highest BCUT2D eigenvalue weighted by Gasteiger charge is 2.19. The second kappa shape index (κ2) is 8.22. The molecule has 9 rings (SSSR count). The van der Waals surface area contributed by atoms with E-state index in [0.29, 0.717) is 5.95 Å². The first-order valence-corrected chi connectivity index (χ1v) is 14.2. The van der Waals surface area contributed by atoms with Gasteiger partial charge in [-0.15, -0.1) is 11.3 Å². The zero-order chi connectivity index (χ0) is 26.2. The van der Waals surface area contributed by atoms with Gasteiger partial charge in [-0.1, -0.05) is 91.0 Å². The lowest BCUT2D eigenvalue weighted by molar-refractivity contribution is 1.01. The Morgan fingerprint density at radius 1 is 0.500 bits per heavy atom. The van der Waals surface area contributed by atoms with Crippen molar-refractivity contribution in [2.75, 3.05) is 0 Å². The summed E-state index contributed by atoms with van der Waals surface area (Å²) in [6.07, 6.45) is 0. The summed E-state index contributed by atoms with van der Waals surface area (Å²) in [6.45, 7) is 0. The molecule has 0 bridgehead atoms. The number of thiophene rings is 1. The van der Waals surface area contributed by atoms with Crippen LogP contribution < -0.4 is 0 Å². The van der Waals surface area contributed by atoms with Crippen LogP contribution in [0.3, 0.4) is 0 Å². The summed E-state index contributed by atoms with van der Waals surface area (Å²) in [5, 5.41) is 8.60. The molecule has 0 aliphatic rings. The summed E-state index contributed by atoms with van der Waals surface area (Å²) in [5.41, 5.74) is 5.18. The molecule has 3 heterocycles. The molecule has 0 N–H and O–H groups in total. The van der Waals surface area contributed by atoms with Crippen LogP contribution in [0.2, 0.25) is 0 Å². The summed E-state index contributed by atoms with van der Waals surface area (Å²) < 4.78 is 4.87. The molecule has 0 aliphatic carbocycles. The first kappa shape index (κ1) is 21.8. The molecule has 0 radical (unpaired) electrons. The standard InChI is InChI=1S/C36H21N3S/c1-2-10-22(11-3-1)35-25-13-4-7-15-29(25)37-36(38-35)39-30-16-8-5-12-24(30)28-20-23-18-19-33-34(27(23)21-31(28)39)26-14-6-9-17-32(26)40-33/h1-21H. The third kappa shape index (κ3) is 3.05. The molecule has 0 saturated carbocycles. The van der Waals surface area contributed by atoms with E-state index in [1.807, 2.05) is 23.5 Å². The minimum Gasteiger partial charge on any atom is -0.278 e. The molecule has 3 aromatic heterocycles. The van der Waals surface area contributed by atoms with Crippen LogP contribution in [0.5, 0.6) is 0 Å². The molecule has 9 aromatic rings. The second-order valence-corrected chi connectivity index (χ2v) is 11.3. The van der Waals surface area contributed by atoms with Crippen LogP contribution >= 0.6 is 11.3 Å². The smallest absolute Gasteiger partial charge is 0.235 e. The Morgan fingerprint density at radius 2 is 1.25 bits per heavy atom. The van der Waals surface area contributed by atoms with E-state index >= 15 is 0 Å². The fourth-order valence-electron chi connectivity index (χ4n) is 6.21. The van der Waals surface area contributed by atoms with Gasteiger partial charge in [0.15, 0.2) is 0 Å². The van der Waals surface area contributed by atoms with Gasteiger partial charge in [0.25, 0.3) is 0 Å². The fourth-order valence-corrected chi connectivity index (χ4v) is 7.33. The van der Waals surface area contributed by atoms with Crippen molar-refractivity contribution in [1.29, 1.82) is 0 Å².